The van der Waals surface area contributed by atoms with E-state index in [9.17, 15) is 9.59 Å². The van der Waals surface area contributed by atoms with E-state index >= 15 is 0 Å². The Morgan fingerprint density at radius 3 is 2.88 bits per heavy atom. The van der Waals surface area contributed by atoms with Crippen LogP contribution in [0.15, 0.2) is 11.4 Å². The van der Waals surface area contributed by atoms with Crippen molar-refractivity contribution in [2.24, 2.45) is 0 Å². The zero-order chi connectivity index (χ0) is 12.0. The summed E-state index contributed by atoms with van der Waals surface area (Å²) in [6.07, 6.45) is 0.627. The van der Waals surface area contributed by atoms with Crippen LogP contribution in [0.5, 0.6) is 0 Å². The summed E-state index contributed by atoms with van der Waals surface area (Å²) in [5, 5.41) is 10.5. The quantitative estimate of drug-likeness (QED) is 0.665. The van der Waals surface area contributed by atoms with Gasteiger partial charge in [0.2, 0.25) is 0 Å². The van der Waals surface area contributed by atoms with Gasteiger partial charge in [-0.1, -0.05) is 23.6 Å². The molecule has 0 spiro atoms. The zero-order valence-electron chi connectivity index (χ0n) is 8.65. The molecule has 5 heteroatoms. The summed E-state index contributed by atoms with van der Waals surface area (Å²) in [5.41, 5.74) is 0.718. The molecule has 3 nitrogen and oxygen atoms in total. The van der Waals surface area contributed by atoms with E-state index in [1.165, 1.54) is 18.7 Å². The smallest absolute Gasteiger partial charge is 0.345 e. The Morgan fingerprint density at radius 1 is 1.56 bits per heavy atom. The summed E-state index contributed by atoms with van der Waals surface area (Å²) in [6, 6.07) is 1.55. The maximum atomic E-state index is 10.6. The largest absolute Gasteiger partial charge is 0.477 e. The van der Waals surface area contributed by atoms with Crippen molar-refractivity contribution in [3.63, 3.8) is 0 Å². The Bertz CT molecular complexity index is 451. The van der Waals surface area contributed by atoms with E-state index in [0.717, 1.165) is 16.9 Å². The lowest BCUT2D eigenvalue weighted by Crippen LogP contribution is -1.89. The molecule has 0 aliphatic carbocycles. The highest BCUT2D eigenvalue weighted by Gasteiger charge is 2.04. The van der Waals surface area contributed by atoms with Crippen molar-refractivity contribution in [3.05, 3.63) is 21.9 Å². The third-order valence-corrected chi connectivity index (χ3v) is 3.31. The van der Waals surface area contributed by atoms with Gasteiger partial charge in [-0.25, -0.2) is 4.79 Å². The van der Waals surface area contributed by atoms with Gasteiger partial charge in [-0.3, -0.25) is 4.79 Å². The van der Waals surface area contributed by atoms with E-state index in [2.05, 4.69) is 11.8 Å². The molecule has 1 aromatic rings. The first-order chi connectivity index (χ1) is 7.59. The summed E-state index contributed by atoms with van der Waals surface area (Å²) >= 11 is 2.41. The van der Waals surface area contributed by atoms with Crippen molar-refractivity contribution in [1.29, 1.82) is 0 Å². The minimum atomic E-state index is -0.926. The zero-order valence-corrected chi connectivity index (χ0v) is 10.3. The molecular formula is C11H10O3S2. The van der Waals surface area contributed by atoms with Gasteiger partial charge in [-0.15, -0.1) is 11.3 Å². The van der Waals surface area contributed by atoms with E-state index in [-0.39, 0.29) is 5.12 Å². The molecule has 1 aromatic heterocycles. The van der Waals surface area contributed by atoms with Crippen LogP contribution in [0.25, 0.3) is 0 Å². The molecule has 84 valence electrons. The average Bonchev–Trinajstić information content (AvgIpc) is 2.65. The maximum absolute atomic E-state index is 10.6. The van der Waals surface area contributed by atoms with Crippen LogP contribution in [0.3, 0.4) is 0 Å². The van der Waals surface area contributed by atoms with E-state index < -0.39 is 5.97 Å². The molecule has 0 saturated heterocycles. The minimum Gasteiger partial charge on any atom is -0.477 e. The summed E-state index contributed by atoms with van der Waals surface area (Å²) in [5.74, 6) is 5.52. The molecule has 1 N–H and O–H groups in total. The minimum absolute atomic E-state index is 0.0884. The molecule has 0 fully saturated rings. The van der Waals surface area contributed by atoms with Crippen molar-refractivity contribution >= 4 is 34.2 Å². The number of carboxylic acids is 1. The number of thiophene rings is 1. The molecule has 0 saturated carbocycles. The second-order valence-corrected chi connectivity index (χ2v) is 5.08. The predicted molar refractivity (Wildman–Crippen MR) is 65.9 cm³/mol. The molecule has 0 unspecified atom stereocenters. The molecule has 1 heterocycles. The fraction of sp³-hybridized carbons (Fsp3) is 0.273. The number of aromatic carboxylic acids is 1. The van der Waals surface area contributed by atoms with Gasteiger partial charge in [0.1, 0.15) is 4.88 Å². The molecule has 0 radical (unpaired) electrons. The van der Waals surface area contributed by atoms with Crippen LogP contribution in [-0.4, -0.2) is 21.9 Å². The lowest BCUT2D eigenvalue weighted by atomic mass is 10.3. The summed E-state index contributed by atoms with van der Waals surface area (Å²) in [7, 11) is 0. The average molecular weight is 254 g/mol. The van der Waals surface area contributed by atoms with E-state index in [0.29, 0.717) is 17.1 Å². The summed E-state index contributed by atoms with van der Waals surface area (Å²) < 4.78 is 0. The van der Waals surface area contributed by atoms with E-state index in [4.69, 9.17) is 5.11 Å². The van der Waals surface area contributed by atoms with Crippen molar-refractivity contribution in [1.82, 2.24) is 0 Å². The second kappa shape index (κ2) is 6.36. The van der Waals surface area contributed by atoms with Gasteiger partial charge in [-0.2, -0.15) is 0 Å². The topological polar surface area (TPSA) is 54.4 Å². The van der Waals surface area contributed by atoms with Crippen LogP contribution >= 0.6 is 23.1 Å². The highest BCUT2D eigenvalue weighted by Crippen LogP contribution is 2.13. The summed E-state index contributed by atoms with van der Waals surface area (Å²) in [6.45, 7) is 1.52. The Balaban J connectivity index is 2.44. The van der Waals surface area contributed by atoms with Crippen LogP contribution in [-0.2, 0) is 4.79 Å². The molecule has 1 rings (SSSR count). The highest BCUT2D eigenvalue weighted by molar-refractivity contribution is 8.13. The highest BCUT2D eigenvalue weighted by atomic mass is 32.2. The predicted octanol–water partition coefficient (Wildman–Crippen LogP) is 2.47. The van der Waals surface area contributed by atoms with Gasteiger partial charge in [0.15, 0.2) is 5.12 Å². The Kier molecular flexibility index (Phi) is 5.09. The molecule has 16 heavy (non-hydrogen) atoms. The number of carboxylic acid groups (broad SMARTS) is 1. The Hall–Kier alpha value is -1.25. The number of hydrogen-bond acceptors (Lipinski definition) is 4. The monoisotopic (exact) mass is 254 g/mol. The summed E-state index contributed by atoms with van der Waals surface area (Å²) in [4.78, 5) is 21.5. The van der Waals surface area contributed by atoms with Gasteiger partial charge in [0.25, 0.3) is 0 Å². The van der Waals surface area contributed by atoms with Crippen molar-refractivity contribution in [3.8, 4) is 11.8 Å². The molecule has 0 aromatic carbocycles. The number of carbonyl (C=O) groups excluding carboxylic acids is 1. The maximum Gasteiger partial charge on any atom is 0.345 e. The lowest BCUT2D eigenvalue weighted by Gasteiger charge is -1.88. The molecule has 0 amide bonds. The van der Waals surface area contributed by atoms with Gasteiger partial charge >= 0.3 is 5.97 Å². The standard InChI is InChI=1S/C11H10O3S2/c1-8(12)15-5-3-2-4-9-6-10(11(13)14)16-7-9/h6-7H,3,5H2,1H3,(H,13,14). The first-order valence-electron chi connectivity index (χ1n) is 4.53. The molecule has 0 bridgehead atoms. The van der Waals surface area contributed by atoms with Crippen molar-refractivity contribution < 1.29 is 14.7 Å². The van der Waals surface area contributed by atoms with Gasteiger partial charge in [0, 0.05) is 30.0 Å². The van der Waals surface area contributed by atoms with Gasteiger partial charge in [-0.05, 0) is 6.07 Å². The van der Waals surface area contributed by atoms with Crippen LogP contribution in [0.4, 0.5) is 0 Å². The first-order valence-corrected chi connectivity index (χ1v) is 6.40. The van der Waals surface area contributed by atoms with Crippen LogP contribution in [0.2, 0.25) is 0 Å². The number of hydrogen-bond donors (Lipinski definition) is 1. The fourth-order valence-corrected chi connectivity index (χ4v) is 2.09. The molecular weight excluding hydrogens is 244 g/mol. The van der Waals surface area contributed by atoms with Crippen molar-refractivity contribution in [2.45, 2.75) is 13.3 Å². The number of thioether (sulfide) groups is 1. The Labute approximate surface area is 102 Å². The molecule has 0 aliphatic rings. The second-order valence-electron chi connectivity index (χ2n) is 2.90. The SMILES string of the molecule is CC(=O)SCCC#Cc1csc(C(=O)O)c1. The number of carbonyl (C=O) groups is 2. The van der Waals surface area contributed by atoms with Crippen LogP contribution in [0, 0.1) is 11.8 Å². The first kappa shape index (κ1) is 12.8. The normalized spacial score (nSPS) is 9.31. The number of rotatable bonds is 3. The third-order valence-electron chi connectivity index (χ3n) is 1.58. The Morgan fingerprint density at radius 2 is 2.31 bits per heavy atom. The van der Waals surface area contributed by atoms with Crippen molar-refractivity contribution in [2.75, 3.05) is 5.75 Å². The lowest BCUT2D eigenvalue weighted by molar-refractivity contribution is -0.109. The van der Waals surface area contributed by atoms with E-state index in [1.54, 1.807) is 11.4 Å². The van der Waals surface area contributed by atoms with Crippen LogP contribution in [0.1, 0.15) is 28.6 Å². The van der Waals surface area contributed by atoms with Gasteiger partial charge < -0.3 is 5.11 Å². The van der Waals surface area contributed by atoms with Crippen LogP contribution < -0.4 is 0 Å². The van der Waals surface area contributed by atoms with E-state index in [1.807, 2.05) is 0 Å². The van der Waals surface area contributed by atoms with Gasteiger partial charge in [0.05, 0.1) is 0 Å². The molecule has 0 aliphatic heterocycles. The fourth-order valence-electron chi connectivity index (χ4n) is 0.924. The molecule has 0 atom stereocenters. The third kappa shape index (κ3) is 4.51.